The molecule has 0 atom stereocenters. The van der Waals surface area contributed by atoms with Crippen molar-refractivity contribution in [2.45, 2.75) is 24.2 Å². The molecule has 156 valence electrons. The lowest BCUT2D eigenvalue weighted by Crippen LogP contribution is -2.54. The minimum Gasteiger partial charge on any atom is -0.484 e. The Morgan fingerprint density at radius 3 is 2.04 bits per heavy atom. The zero-order valence-electron chi connectivity index (χ0n) is 13.1. The van der Waals surface area contributed by atoms with Crippen LogP contribution in [0.4, 0.5) is 48.3 Å². The fraction of sp³-hybridized carbons (Fsp3) is 0.357. The summed E-state index contributed by atoms with van der Waals surface area (Å²) < 4.78 is 144. The molecule has 0 amide bonds. The number of hydrogen-bond acceptors (Lipinski definition) is 2. The van der Waals surface area contributed by atoms with E-state index < -0.39 is 53.6 Å². The molecular formula is C14H7F11N2O. The molecule has 0 N–H and O–H groups in total. The molecule has 2 rings (SSSR count). The molecule has 0 radical (unpaired) electrons. The van der Waals surface area contributed by atoms with Gasteiger partial charge in [0.2, 0.25) is 0 Å². The normalized spacial score (nSPS) is 13.7. The molecule has 0 bridgehead atoms. The molecule has 0 aliphatic heterocycles. The van der Waals surface area contributed by atoms with Crippen molar-refractivity contribution < 1.29 is 53.0 Å². The summed E-state index contributed by atoms with van der Waals surface area (Å²) in [5, 5.41) is 3.37. The standard InChI is InChI=1S/C14H7F11N2O/c15-9-3-7(12(18,19)20)1-2-10(9)27-5-8(4-26-27)28-6-11(16,17)13(21,22)14(23,24)25/h1-5H,6H2. The van der Waals surface area contributed by atoms with E-state index in [0.717, 1.165) is 0 Å². The second-order valence-corrected chi connectivity index (χ2v) is 5.35. The monoisotopic (exact) mass is 428 g/mol. The van der Waals surface area contributed by atoms with Crippen LogP contribution in [0.3, 0.4) is 0 Å². The van der Waals surface area contributed by atoms with Crippen LogP contribution in [-0.2, 0) is 6.18 Å². The summed E-state index contributed by atoms with van der Waals surface area (Å²) >= 11 is 0. The summed E-state index contributed by atoms with van der Waals surface area (Å²) in [7, 11) is 0. The smallest absolute Gasteiger partial charge is 0.460 e. The maximum Gasteiger partial charge on any atom is 0.460 e. The molecule has 28 heavy (non-hydrogen) atoms. The lowest BCUT2D eigenvalue weighted by Gasteiger charge is -2.27. The minimum absolute atomic E-state index is 0.121. The molecule has 0 aliphatic carbocycles. The van der Waals surface area contributed by atoms with E-state index in [9.17, 15) is 48.3 Å². The molecule has 0 spiro atoms. The quantitative estimate of drug-likeness (QED) is 0.609. The van der Waals surface area contributed by atoms with Gasteiger partial charge in [-0.1, -0.05) is 0 Å². The topological polar surface area (TPSA) is 27.1 Å². The van der Waals surface area contributed by atoms with E-state index in [-0.39, 0.29) is 6.07 Å². The van der Waals surface area contributed by atoms with Crippen molar-refractivity contribution >= 4 is 0 Å². The van der Waals surface area contributed by atoms with Crippen LogP contribution < -0.4 is 4.74 Å². The average Bonchev–Trinajstić information content (AvgIpc) is 2.99. The van der Waals surface area contributed by atoms with Gasteiger partial charge in [-0.15, -0.1) is 0 Å². The summed E-state index contributed by atoms with van der Waals surface area (Å²) in [4.78, 5) is 0. The second kappa shape index (κ2) is 6.81. The van der Waals surface area contributed by atoms with Gasteiger partial charge in [0.1, 0.15) is 11.5 Å². The first-order valence-corrected chi connectivity index (χ1v) is 6.93. The van der Waals surface area contributed by atoms with Crippen LogP contribution in [0.2, 0.25) is 0 Å². The Morgan fingerprint density at radius 1 is 0.929 bits per heavy atom. The lowest BCUT2D eigenvalue weighted by atomic mass is 10.2. The van der Waals surface area contributed by atoms with Crippen LogP contribution >= 0.6 is 0 Å². The van der Waals surface area contributed by atoms with E-state index in [1.807, 2.05) is 0 Å². The minimum atomic E-state index is -6.53. The van der Waals surface area contributed by atoms with Crippen molar-refractivity contribution in [2.24, 2.45) is 0 Å². The molecule has 0 saturated heterocycles. The number of nitrogens with zero attached hydrogens (tertiary/aromatic N) is 2. The van der Waals surface area contributed by atoms with Crippen LogP contribution in [0, 0.1) is 5.82 Å². The zero-order valence-corrected chi connectivity index (χ0v) is 13.1. The van der Waals surface area contributed by atoms with Crippen molar-refractivity contribution in [3.8, 4) is 11.4 Å². The number of alkyl halides is 10. The van der Waals surface area contributed by atoms with E-state index in [0.29, 0.717) is 29.2 Å². The molecule has 0 fully saturated rings. The van der Waals surface area contributed by atoms with Gasteiger partial charge in [0.05, 0.1) is 18.0 Å². The number of rotatable bonds is 5. The van der Waals surface area contributed by atoms with Gasteiger partial charge < -0.3 is 4.74 Å². The molecule has 14 heteroatoms. The largest absolute Gasteiger partial charge is 0.484 e. The average molecular weight is 428 g/mol. The van der Waals surface area contributed by atoms with Crippen LogP contribution in [0.25, 0.3) is 5.69 Å². The molecule has 0 saturated carbocycles. The predicted molar refractivity (Wildman–Crippen MR) is 70.0 cm³/mol. The first kappa shape index (κ1) is 21.8. The van der Waals surface area contributed by atoms with Gasteiger partial charge in [-0.05, 0) is 18.2 Å². The maximum atomic E-state index is 13.8. The molecular weight excluding hydrogens is 421 g/mol. The molecule has 3 nitrogen and oxygen atoms in total. The van der Waals surface area contributed by atoms with E-state index in [4.69, 9.17) is 0 Å². The van der Waals surface area contributed by atoms with Crippen molar-refractivity contribution in [3.05, 3.63) is 42.0 Å². The van der Waals surface area contributed by atoms with Gasteiger partial charge in [0, 0.05) is 0 Å². The van der Waals surface area contributed by atoms with Gasteiger partial charge in [0.25, 0.3) is 0 Å². The number of hydrogen-bond donors (Lipinski definition) is 0. The highest BCUT2D eigenvalue weighted by Gasteiger charge is 2.73. The van der Waals surface area contributed by atoms with Crippen molar-refractivity contribution in [2.75, 3.05) is 6.61 Å². The number of ether oxygens (including phenoxy) is 1. The molecule has 1 heterocycles. The molecule has 1 aromatic carbocycles. The summed E-state index contributed by atoms with van der Waals surface area (Å²) in [5.41, 5.74) is -1.92. The summed E-state index contributed by atoms with van der Waals surface area (Å²) in [5.74, 6) is -14.2. The zero-order chi connectivity index (χ0) is 21.5. The van der Waals surface area contributed by atoms with E-state index in [1.54, 1.807) is 0 Å². The highest BCUT2D eigenvalue weighted by molar-refractivity contribution is 5.38. The molecule has 1 aromatic heterocycles. The van der Waals surface area contributed by atoms with Crippen molar-refractivity contribution in [1.82, 2.24) is 9.78 Å². The molecule has 0 unspecified atom stereocenters. The van der Waals surface area contributed by atoms with Crippen molar-refractivity contribution in [3.63, 3.8) is 0 Å². The Hall–Kier alpha value is -2.54. The van der Waals surface area contributed by atoms with E-state index >= 15 is 0 Å². The first-order chi connectivity index (χ1) is 12.6. The van der Waals surface area contributed by atoms with E-state index in [2.05, 4.69) is 9.84 Å². The lowest BCUT2D eigenvalue weighted by molar-refractivity contribution is -0.358. The van der Waals surface area contributed by atoms with Crippen LogP contribution in [0.1, 0.15) is 5.56 Å². The Balaban J connectivity index is 2.17. The summed E-state index contributed by atoms with van der Waals surface area (Å²) in [6, 6.07) is 1.25. The van der Waals surface area contributed by atoms with Gasteiger partial charge in [-0.25, -0.2) is 9.07 Å². The highest BCUT2D eigenvalue weighted by Crippen LogP contribution is 2.46. The summed E-state index contributed by atoms with van der Waals surface area (Å²) in [6.07, 6.45) is -10.2. The Morgan fingerprint density at radius 2 is 1.54 bits per heavy atom. The third kappa shape index (κ3) is 4.14. The SMILES string of the molecule is Fc1cc(C(F)(F)F)ccc1-n1cc(OCC(F)(F)C(F)(F)C(F)(F)F)cn1. The third-order valence-electron chi connectivity index (χ3n) is 3.32. The Bertz CT molecular complexity index is 839. The predicted octanol–water partition coefficient (Wildman–Crippen LogP) is 5.24. The van der Waals surface area contributed by atoms with Gasteiger partial charge in [-0.2, -0.15) is 49.0 Å². The van der Waals surface area contributed by atoms with Crippen LogP contribution in [0.15, 0.2) is 30.6 Å². The van der Waals surface area contributed by atoms with Gasteiger partial charge in [0.15, 0.2) is 12.4 Å². The Labute approximate surface area is 148 Å². The number of benzene rings is 1. The fourth-order valence-corrected chi connectivity index (χ4v) is 1.85. The number of halogens is 11. The molecule has 2 aromatic rings. The Kier molecular flexibility index (Phi) is 5.29. The highest BCUT2D eigenvalue weighted by atomic mass is 19.4. The first-order valence-electron chi connectivity index (χ1n) is 6.93. The fourth-order valence-electron chi connectivity index (χ4n) is 1.85. The number of aromatic nitrogens is 2. The van der Waals surface area contributed by atoms with Crippen LogP contribution in [-0.4, -0.2) is 34.4 Å². The van der Waals surface area contributed by atoms with Gasteiger partial charge >= 0.3 is 24.2 Å². The second-order valence-electron chi connectivity index (χ2n) is 5.35. The third-order valence-corrected chi connectivity index (χ3v) is 3.32. The maximum absolute atomic E-state index is 13.8. The van der Waals surface area contributed by atoms with Crippen LogP contribution in [0.5, 0.6) is 5.75 Å². The molecule has 0 aliphatic rings. The van der Waals surface area contributed by atoms with E-state index in [1.165, 1.54) is 0 Å². The van der Waals surface area contributed by atoms with Gasteiger partial charge in [-0.3, -0.25) is 0 Å². The summed E-state index contributed by atoms with van der Waals surface area (Å²) in [6.45, 7) is -2.39. The van der Waals surface area contributed by atoms with Crippen molar-refractivity contribution in [1.29, 1.82) is 0 Å².